The van der Waals surface area contributed by atoms with E-state index >= 15 is 0 Å². The number of hydrogen-bond donors (Lipinski definition) is 2. The molecule has 2 heterocycles. The Balaban J connectivity index is 1.24. The molecule has 2 aromatic carbocycles. The van der Waals surface area contributed by atoms with Crippen LogP contribution in [0.4, 0.5) is 0 Å². The highest BCUT2D eigenvalue weighted by atomic mass is 16.5. The van der Waals surface area contributed by atoms with Gasteiger partial charge >= 0.3 is 0 Å². The summed E-state index contributed by atoms with van der Waals surface area (Å²) >= 11 is 0. The van der Waals surface area contributed by atoms with Crippen LogP contribution in [0.3, 0.4) is 0 Å². The van der Waals surface area contributed by atoms with E-state index in [1.165, 1.54) is 55.5 Å². The van der Waals surface area contributed by atoms with Gasteiger partial charge in [0.05, 0.1) is 6.10 Å². The van der Waals surface area contributed by atoms with Crippen LogP contribution in [0.2, 0.25) is 0 Å². The third-order valence-corrected chi connectivity index (χ3v) is 6.67. The average Bonchev–Trinajstić information content (AvgIpc) is 2.86. The van der Waals surface area contributed by atoms with Crippen molar-refractivity contribution in [2.45, 2.75) is 51.3 Å². The molecule has 0 aromatic heterocycles. The van der Waals surface area contributed by atoms with E-state index in [4.69, 9.17) is 4.74 Å². The van der Waals surface area contributed by atoms with E-state index in [0.717, 1.165) is 38.6 Å². The van der Waals surface area contributed by atoms with E-state index < -0.39 is 0 Å². The van der Waals surface area contributed by atoms with Gasteiger partial charge in [0, 0.05) is 39.2 Å². The molecule has 32 heavy (non-hydrogen) atoms. The molecule has 2 aliphatic rings. The molecule has 5 nitrogen and oxygen atoms in total. The Kier molecular flexibility index (Phi) is 8.57. The quantitative estimate of drug-likeness (QED) is 0.497. The summed E-state index contributed by atoms with van der Waals surface area (Å²) in [4.78, 5) is 7.00. The zero-order chi connectivity index (χ0) is 22.0. The lowest BCUT2D eigenvalue weighted by molar-refractivity contribution is -0.0265. The highest BCUT2D eigenvalue weighted by Gasteiger charge is 2.27. The van der Waals surface area contributed by atoms with Crippen LogP contribution in [-0.4, -0.2) is 44.1 Å². The minimum absolute atomic E-state index is 0.156. The second-order valence-corrected chi connectivity index (χ2v) is 9.06. The maximum atomic E-state index is 6.13. The summed E-state index contributed by atoms with van der Waals surface area (Å²) in [7, 11) is 1.84. The summed E-state index contributed by atoms with van der Waals surface area (Å²) in [5.74, 6) is 1.29. The monoisotopic (exact) mass is 434 g/mol. The van der Waals surface area contributed by atoms with Gasteiger partial charge in [-0.15, -0.1) is 0 Å². The normalized spacial score (nSPS) is 22.5. The van der Waals surface area contributed by atoms with Crippen LogP contribution in [0, 0.1) is 5.92 Å². The van der Waals surface area contributed by atoms with Gasteiger partial charge in [-0.1, -0.05) is 61.0 Å². The molecule has 4 rings (SSSR count). The summed E-state index contributed by atoms with van der Waals surface area (Å²) < 4.78 is 6.13. The van der Waals surface area contributed by atoms with Crippen LogP contribution in [0.5, 0.6) is 0 Å². The number of ether oxygens (including phenoxy) is 1. The first-order chi connectivity index (χ1) is 15.8. The van der Waals surface area contributed by atoms with Crippen LogP contribution in [0.25, 0.3) is 0 Å². The van der Waals surface area contributed by atoms with Gasteiger partial charge in [0.25, 0.3) is 0 Å². The van der Waals surface area contributed by atoms with E-state index in [2.05, 4.69) is 75.1 Å². The van der Waals surface area contributed by atoms with E-state index in [0.29, 0.717) is 5.92 Å². The maximum absolute atomic E-state index is 6.13. The summed E-state index contributed by atoms with van der Waals surface area (Å²) in [6.07, 6.45) is 6.51. The number of hydrogen-bond acceptors (Lipinski definition) is 3. The van der Waals surface area contributed by atoms with E-state index in [-0.39, 0.29) is 6.10 Å². The van der Waals surface area contributed by atoms with E-state index in [1.807, 2.05) is 7.05 Å². The zero-order valence-electron chi connectivity index (χ0n) is 19.4. The number of likely N-dealkylation sites (tertiary alicyclic amines) is 1. The fraction of sp³-hybridized carbons (Fsp3) is 0.519. The number of benzene rings is 2. The molecule has 0 saturated carbocycles. The minimum Gasteiger partial charge on any atom is -0.373 e. The highest BCUT2D eigenvalue weighted by molar-refractivity contribution is 5.79. The number of piperidine rings is 1. The Morgan fingerprint density at radius 3 is 2.44 bits per heavy atom. The van der Waals surface area contributed by atoms with Gasteiger partial charge in [0.1, 0.15) is 0 Å². The maximum Gasteiger partial charge on any atom is 0.191 e. The first kappa shape index (κ1) is 22.8. The number of rotatable bonds is 7. The highest BCUT2D eigenvalue weighted by Crippen LogP contribution is 2.33. The lowest BCUT2D eigenvalue weighted by atomic mass is 9.89. The summed E-state index contributed by atoms with van der Waals surface area (Å²) in [5.41, 5.74) is 3.95. The molecular weight excluding hydrogens is 396 g/mol. The molecule has 2 aromatic rings. The molecule has 0 spiro atoms. The molecular formula is C27H38N4O. The SMILES string of the molecule is CN=C(NCc1ccc(CN2CCCCC2)cc1)NCC1CCCOC1c1ccccc1. The second-order valence-electron chi connectivity index (χ2n) is 9.06. The molecule has 2 unspecified atom stereocenters. The van der Waals surface area contributed by atoms with Crippen molar-refractivity contribution in [1.82, 2.24) is 15.5 Å². The molecule has 0 amide bonds. The lowest BCUT2D eigenvalue weighted by Gasteiger charge is -2.32. The van der Waals surface area contributed by atoms with Crippen molar-refractivity contribution in [2.75, 3.05) is 33.3 Å². The van der Waals surface area contributed by atoms with Crippen molar-refractivity contribution >= 4 is 5.96 Å². The Labute approximate surface area is 193 Å². The summed E-state index contributed by atoms with van der Waals surface area (Å²) in [5, 5.41) is 7.00. The fourth-order valence-electron chi connectivity index (χ4n) is 4.84. The van der Waals surface area contributed by atoms with Crippen LogP contribution >= 0.6 is 0 Å². The molecule has 0 aliphatic carbocycles. The predicted molar refractivity (Wildman–Crippen MR) is 132 cm³/mol. The topological polar surface area (TPSA) is 48.9 Å². The summed E-state index contributed by atoms with van der Waals surface area (Å²) in [6.45, 7) is 6.02. The van der Waals surface area contributed by atoms with Crippen LogP contribution < -0.4 is 10.6 Å². The fourth-order valence-corrected chi connectivity index (χ4v) is 4.84. The summed E-state index contributed by atoms with van der Waals surface area (Å²) in [6, 6.07) is 19.6. The molecule has 2 saturated heterocycles. The number of nitrogens with zero attached hydrogens (tertiary/aromatic N) is 2. The van der Waals surface area contributed by atoms with Gasteiger partial charge in [0.15, 0.2) is 5.96 Å². The first-order valence-electron chi connectivity index (χ1n) is 12.2. The van der Waals surface area contributed by atoms with Gasteiger partial charge < -0.3 is 15.4 Å². The van der Waals surface area contributed by atoms with Crippen LogP contribution in [0.15, 0.2) is 59.6 Å². The first-order valence-corrected chi connectivity index (χ1v) is 12.2. The molecule has 2 atom stereocenters. The smallest absolute Gasteiger partial charge is 0.191 e. The standard InChI is InChI=1S/C27H38N4O/c1-28-27(30-20-25-11-8-18-32-26(25)24-9-4-2-5-10-24)29-19-22-12-14-23(15-13-22)21-31-16-6-3-7-17-31/h2,4-5,9-10,12-15,25-26H,3,6-8,11,16-21H2,1H3,(H2,28,29,30). The lowest BCUT2D eigenvalue weighted by Crippen LogP contribution is -2.41. The Morgan fingerprint density at radius 2 is 1.69 bits per heavy atom. The molecule has 172 valence electrons. The van der Waals surface area contributed by atoms with Gasteiger partial charge in [-0.2, -0.15) is 0 Å². The third kappa shape index (κ3) is 6.57. The van der Waals surface area contributed by atoms with Crippen molar-refractivity contribution < 1.29 is 4.74 Å². The Bertz CT molecular complexity index is 830. The average molecular weight is 435 g/mol. The molecule has 2 N–H and O–H groups in total. The zero-order valence-corrected chi connectivity index (χ0v) is 19.4. The third-order valence-electron chi connectivity index (χ3n) is 6.67. The van der Waals surface area contributed by atoms with Gasteiger partial charge in [-0.3, -0.25) is 9.89 Å². The molecule has 0 bridgehead atoms. The van der Waals surface area contributed by atoms with Gasteiger partial charge in [0.2, 0.25) is 0 Å². The van der Waals surface area contributed by atoms with Crippen LogP contribution in [-0.2, 0) is 17.8 Å². The largest absolute Gasteiger partial charge is 0.373 e. The minimum atomic E-state index is 0.156. The van der Waals surface area contributed by atoms with Crippen LogP contribution in [0.1, 0.15) is 54.9 Å². The molecule has 2 aliphatic heterocycles. The van der Waals surface area contributed by atoms with Gasteiger partial charge in [-0.05, 0) is 55.5 Å². The van der Waals surface area contributed by atoms with Crippen molar-refractivity contribution in [1.29, 1.82) is 0 Å². The Morgan fingerprint density at radius 1 is 0.938 bits per heavy atom. The Hall–Kier alpha value is -2.37. The van der Waals surface area contributed by atoms with Crippen molar-refractivity contribution in [3.63, 3.8) is 0 Å². The second kappa shape index (κ2) is 12.0. The van der Waals surface area contributed by atoms with Gasteiger partial charge in [-0.25, -0.2) is 0 Å². The molecule has 0 radical (unpaired) electrons. The molecule has 2 fully saturated rings. The van der Waals surface area contributed by atoms with Crippen molar-refractivity contribution in [3.05, 3.63) is 71.3 Å². The number of guanidine groups is 1. The van der Waals surface area contributed by atoms with Crippen molar-refractivity contribution in [2.24, 2.45) is 10.9 Å². The molecule has 5 heteroatoms. The number of nitrogens with one attached hydrogen (secondary N) is 2. The van der Waals surface area contributed by atoms with E-state index in [1.54, 1.807) is 0 Å². The predicted octanol–water partition coefficient (Wildman–Crippen LogP) is 4.51. The number of aliphatic imine (C=N–C) groups is 1. The van der Waals surface area contributed by atoms with E-state index in [9.17, 15) is 0 Å². The van der Waals surface area contributed by atoms with Crippen molar-refractivity contribution in [3.8, 4) is 0 Å².